The monoisotopic (exact) mass is 287 g/mol. The standard InChI is InChI=1S/C17H21NO3/c1-10-4-6-14(11(2)8-10)12(3)18-9-13-5-7-15(19)17(21)16(13)20/h4-8,12,18-21H,9H2,1-3H3. The van der Waals surface area contributed by atoms with Crippen LogP contribution in [0.15, 0.2) is 30.3 Å². The van der Waals surface area contributed by atoms with E-state index in [0.29, 0.717) is 12.1 Å². The summed E-state index contributed by atoms with van der Waals surface area (Å²) in [5.74, 6) is -1.08. The van der Waals surface area contributed by atoms with E-state index in [-0.39, 0.29) is 17.5 Å². The van der Waals surface area contributed by atoms with Gasteiger partial charge in [0, 0.05) is 18.2 Å². The Morgan fingerprint density at radius 3 is 2.38 bits per heavy atom. The third-order valence-corrected chi connectivity index (χ3v) is 3.70. The van der Waals surface area contributed by atoms with Crippen LogP contribution in [-0.4, -0.2) is 15.3 Å². The molecule has 0 radical (unpaired) electrons. The number of rotatable bonds is 4. The maximum Gasteiger partial charge on any atom is 0.200 e. The van der Waals surface area contributed by atoms with Crippen LogP contribution < -0.4 is 5.32 Å². The van der Waals surface area contributed by atoms with Crippen LogP contribution in [-0.2, 0) is 6.54 Å². The maximum absolute atomic E-state index is 9.80. The van der Waals surface area contributed by atoms with Crippen molar-refractivity contribution in [1.82, 2.24) is 5.32 Å². The minimum atomic E-state index is -0.478. The zero-order valence-corrected chi connectivity index (χ0v) is 12.5. The molecule has 4 N–H and O–H groups in total. The normalized spacial score (nSPS) is 12.3. The second-order valence-corrected chi connectivity index (χ2v) is 5.40. The Labute approximate surface area is 124 Å². The van der Waals surface area contributed by atoms with Gasteiger partial charge in [-0.1, -0.05) is 29.8 Å². The molecule has 2 aromatic rings. The highest BCUT2D eigenvalue weighted by atomic mass is 16.3. The van der Waals surface area contributed by atoms with Gasteiger partial charge in [0.1, 0.15) is 0 Å². The van der Waals surface area contributed by atoms with Crippen LogP contribution in [0.4, 0.5) is 0 Å². The minimum absolute atomic E-state index is 0.112. The second kappa shape index (κ2) is 6.06. The van der Waals surface area contributed by atoms with E-state index in [1.54, 1.807) is 6.07 Å². The van der Waals surface area contributed by atoms with Gasteiger partial charge in [0.15, 0.2) is 11.5 Å². The fraction of sp³-hybridized carbons (Fsp3) is 0.294. The molecular formula is C17H21NO3. The molecule has 2 aromatic carbocycles. The van der Waals surface area contributed by atoms with Gasteiger partial charge in [-0.3, -0.25) is 0 Å². The summed E-state index contributed by atoms with van der Waals surface area (Å²) < 4.78 is 0. The highest BCUT2D eigenvalue weighted by molar-refractivity contribution is 5.53. The van der Waals surface area contributed by atoms with E-state index in [9.17, 15) is 15.3 Å². The largest absolute Gasteiger partial charge is 0.504 e. The maximum atomic E-state index is 9.80. The van der Waals surface area contributed by atoms with Crippen LogP contribution in [0.5, 0.6) is 17.2 Å². The molecule has 1 atom stereocenters. The molecule has 0 bridgehead atoms. The predicted octanol–water partition coefficient (Wildman–Crippen LogP) is 3.27. The average Bonchev–Trinajstić information content (AvgIpc) is 2.44. The number of benzene rings is 2. The molecule has 1 unspecified atom stereocenters. The third kappa shape index (κ3) is 3.28. The lowest BCUT2D eigenvalue weighted by Gasteiger charge is -2.18. The summed E-state index contributed by atoms with van der Waals surface area (Å²) >= 11 is 0. The summed E-state index contributed by atoms with van der Waals surface area (Å²) in [6, 6.07) is 9.37. The quantitative estimate of drug-likeness (QED) is 0.651. The first-order valence-corrected chi connectivity index (χ1v) is 6.93. The highest BCUT2D eigenvalue weighted by Gasteiger charge is 2.13. The molecule has 0 saturated heterocycles. The molecular weight excluding hydrogens is 266 g/mol. The van der Waals surface area contributed by atoms with Crippen LogP contribution in [0.3, 0.4) is 0 Å². The molecule has 0 fully saturated rings. The molecule has 21 heavy (non-hydrogen) atoms. The Morgan fingerprint density at radius 1 is 1.00 bits per heavy atom. The Hall–Kier alpha value is -2.20. The van der Waals surface area contributed by atoms with Crippen molar-refractivity contribution in [3.8, 4) is 17.2 Å². The summed E-state index contributed by atoms with van der Waals surface area (Å²) in [6.07, 6.45) is 0. The van der Waals surface area contributed by atoms with E-state index in [1.807, 2.05) is 0 Å². The topological polar surface area (TPSA) is 72.7 Å². The molecule has 0 aromatic heterocycles. The van der Waals surface area contributed by atoms with Crippen LogP contribution in [0, 0.1) is 13.8 Å². The van der Waals surface area contributed by atoms with Crippen molar-refractivity contribution in [2.45, 2.75) is 33.4 Å². The molecule has 0 aliphatic carbocycles. The van der Waals surface area contributed by atoms with Gasteiger partial charge >= 0.3 is 0 Å². The molecule has 0 spiro atoms. The Kier molecular flexibility index (Phi) is 4.38. The smallest absolute Gasteiger partial charge is 0.200 e. The molecule has 4 heteroatoms. The van der Waals surface area contributed by atoms with Crippen molar-refractivity contribution < 1.29 is 15.3 Å². The molecule has 0 heterocycles. The first-order valence-electron chi connectivity index (χ1n) is 6.93. The number of aryl methyl sites for hydroxylation is 2. The van der Waals surface area contributed by atoms with Crippen molar-refractivity contribution >= 4 is 0 Å². The lowest BCUT2D eigenvalue weighted by molar-refractivity contribution is 0.363. The number of nitrogens with one attached hydrogen (secondary N) is 1. The lowest BCUT2D eigenvalue weighted by Crippen LogP contribution is -2.19. The summed E-state index contributed by atoms with van der Waals surface area (Å²) in [7, 11) is 0. The molecule has 0 amide bonds. The zero-order valence-electron chi connectivity index (χ0n) is 12.5. The zero-order chi connectivity index (χ0) is 15.6. The van der Waals surface area contributed by atoms with Crippen molar-refractivity contribution in [3.05, 3.63) is 52.6 Å². The van der Waals surface area contributed by atoms with Crippen molar-refractivity contribution in [2.75, 3.05) is 0 Å². The fourth-order valence-corrected chi connectivity index (χ4v) is 2.44. The Bertz CT molecular complexity index is 653. The molecule has 0 saturated carbocycles. The Morgan fingerprint density at radius 2 is 1.71 bits per heavy atom. The average molecular weight is 287 g/mol. The van der Waals surface area contributed by atoms with Gasteiger partial charge in [-0.15, -0.1) is 0 Å². The number of phenols is 3. The lowest BCUT2D eigenvalue weighted by atomic mass is 10.00. The van der Waals surface area contributed by atoms with E-state index < -0.39 is 5.75 Å². The number of hydrogen-bond donors (Lipinski definition) is 4. The SMILES string of the molecule is Cc1ccc(C(C)NCc2ccc(O)c(O)c2O)c(C)c1. The predicted molar refractivity (Wildman–Crippen MR) is 82.6 cm³/mol. The minimum Gasteiger partial charge on any atom is -0.504 e. The van der Waals surface area contributed by atoms with Crippen LogP contribution in [0.2, 0.25) is 0 Å². The van der Waals surface area contributed by atoms with E-state index in [4.69, 9.17) is 0 Å². The molecule has 0 aliphatic heterocycles. The molecule has 2 rings (SSSR count). The van der Waals surface area contributed by atoms with Crippen molar-refractivity contribution in [2.24, 2.45) is 0 Å². The number of phenolic OH excluding ortho intramolecular Hbond substituents is 3. The van der Waals surface area contributed by atoms with E-state index >= 15 is 0 Å². The van der Waals surface area contributed by atoms with Gasteiger partial charge in [-0.25, -0.2) is 0 Å². The van der Waals surface area contributed by atoms with Crippen LogP contribution >= 0.6 is 0 Å². The first kappa shape index (κ1) is 15.2. The molecule has 0 aliphatic rings. The van der Waals surface area contributed by atoms with Crippen molar-refractivity contribution in [1.29, 1.82) is 0 Å². The first-order chi connectivity index (χ1) is 9.90. The highest BCUT2D eigenvalue weighted by Crippen LogP contribution is 2.37. The molecule has 4 nitrogen and oxygen atoms in total. The van der Waals surface area contributed by atoms with Crippen LogP contribution in [0.1, 0.15) is 35.2 Å². The molecule has 112 valence electrons. The van der Waals surface area contributed by atoms with Gasteiger partial charge in [0.05, 0.1) is 0 Å². The van der Waals surface area contributed by atoms with Crippen LogP contribution in [0.25, 0.3) is 0 Å². The Balaban J connectivity index is 2.11. The van der Waals surface area contributed by atoms with Gasteiger partial charge in [0.25, 0.3) is 0 Å². The number of aromatic hydroxyl groups is 3. The summed E-state index contributed by atoms with van der Waals surface area (Å²) in [5, 5.41) is 31.9. The van der Waals surface area contributed by atoms with Gasteiger partial charge < -0.3 is 20.6 Å². The van der Waals surface area contributed by atoms with E-state index in [2.05, 4.69) is 44.3 Å². The summed E-state index contributed by atoms with van der Waals surface area (Å²) in [4.78, 5) is 0. The second-order valence-electron chi connectivity index (χ2n) is 5.40. The van der Waals surface area contributed by atoms with Crippen molar-refractivity contribution in [3.63, 3.8) is 0 Å². The fourth-order valence-electron chi connectivity index (χ4n) is 2.44. The van der Waals surface area contributed by atoms with Gasteiger partial charge in [0.2, 0.25) is 5.75 Å². The summed E-state index contributed by atoms with van der Waals surface area (Å²) in [6.45, 7) is 6.58. The summed E-state index contributed by atoms with van der Waals surface area (Å²) in [5.41, 5.74) is 4.18. The number of hydrogen-bond acceptors (Lipinski definition) is 4. The van der Waals surface area contributed by atoms with E-state index in [1.165, 1.54) is 22.8 Å². The van der Waals surface area contributed by atoms with E-state index in [0.717, 1.165) is 0 Å². The van der Waals surface area contributed by atoms with Gasteiger partial charge in [-0.2, -0.15) is 0 Å². The third-order valence-electron chi connectivity index (χ3n) is 3.70. The van der Waals surface area contributed by atoms with Gasteiger partial charge in [-0.05, 0) is 38.0 Å².